The number of hydrogen-bond acceptors (Lipinski definition) is 8. The lowest BCUT2D eigenvalue weighted by atomic mass is 10.1. The fraction of sp³-hybridized carbons (Fsp3) is 0.294. The first-order chi connectivity index (χ1) is 12.8. The number of carbonyl (C=O) groups excluding carboxylic acids is 3. The van der Waals surface area contributed by atoms with E-state index in [4.69, 9.17) is 14.6 Å². The third-order valence-electron chi connectivity index (χ3n) is 3.55. The molecule has 0 radical (unpaired) electrons. The van der Waals surface area contributed by atoms with Gasteiger partial charge in [0.25, 0.3) is 11.1 Å². The monoisotopic (exact) mass is 395 g/mol. The van der Waals surface area contributed by atoms with Crippen LogP contribution in [0, 0.1) is 0 Å². The van der Waals surface area contributed by atoms with Gasteiger partial charge in [0.1, 0.15) is 6.54 Å². The summed E-state index contributed by atoms with van der Waals surface area (Å²) in [6.45, 7) is 0.860. The van der Waals surface area contributed by atoms with Crippen molar-refractivity contribution in [3.8, 4) is 11.5 Å². The van der Waals surface area contributed by atoms with Crippen molar-refractivity contribution in [3.05, 3.63) is 28.7 Å². The maximum absolute atomic E-state index is 12.4. The molecule has 0 spiro atoms. The number of aliphatic carboxylic acids is 1. The summed E-state index contributed by atoms with van der Waals surface area (Å²) in [5.41, 5.74) is 0.353. The second-order valence-electron chi connectivity index (χ2n) is 5.32. The van der Waals surface area contributed by atoms with Gasteiger partial charge in [-0.25, -0.2) is 4.79 Å². The molecule has 1 aromatic carbocycles. The number of nitrogens with zero attached hydrogens (tertiary/aromatic N) is 1. The van der Waals surface area contributed by atoms with E-state index in [9.17, 15) is 19.2 Å². The third kappa shape index (κ3) is 4.59. The fourth-order valence-electron chi connectivity index (χ4n) is 2.13. The van der Waals surface area contributed by atoms with Crippen molar-refractivity contribution in [2.45, 2.75) is 13.0 Å². The first kappa shape index (κ1) is 20.3. The van der Waals surface area contributed by atoms with E-state index in [1.807, 2.05) is 0 Å². The molecule has 1 aromatic rings. The van der Waals surface area contributed by atoms with Crippen molar-refractivity contribution in [1.29, 1.82) is 0 Å². The van der Waals surface area contributed by atoms with Gasteiger partial charge in [-0.05, 0) is 30.8 Å². The van der Waals surface area contributed by atoms with Gasteiger partial charge in [-0.2, -0.15) is 0 Å². The summed E-state index contributed by atoms with van der Waals surface area (Å²) in [7, 11) is 2.54. The molecule has 0 aromatic heterocycles. The molecule has 1 saturated heterocycles. The largest absolute Gasteiger partial charge is 0.493 e. The Morgan fingerprint density at radius 2 is 2.00 bits per heavy atom. The molecule has 9 nitrogen and oxygen atoms in total. The van der Waals surface area contributed by atoms with E-state index in [1.54, 1.807) is 18.2 Å². The van der Waals surface area contributed by atoms with Gasteiger partial charge in [0.05, 0.1) is 19.1 Å². The maximum atomic E-state index is 12.4. The molecular weight excluding hydrogens is 378 g/mol. The van der Waals surface area contributed by atoms with Crippen LogP contribution in [0.25, 0.3) is 6.08 Å². The number of thioether (sulfide) groups is 1. The normalized spacial score (nSPS) is 16.4. The van der Waals surface area contributed by atoms with Crippen LogP contribution in [0.4, 0.5) is 4.79 Å². The van der Waals surface area contributed by atoms with Crippen LogP contribution >= 0.6 is 11.8 Å². The number of carboxylic acid groups (broad SMARTS) is 1. The Labute approximate surface area is 158 Å². The highest BCUT2D eigenvalue weighted by Gasteiger charge is 2.36. The second-order valence-corrected chi connectivity index (χ2v) is 6.31. The average molecular weight is 395 g/mol. The summed E-state index contributed by atoms with van der Waals surface area (Å²) >= 11 is 0.655. The summed E-state index contributed by atoms with van der Waals surface area (Å²) in [5.74, 6) is -2.17. The summed E-state index contributed by atoms with van der Waals surface area (Å²) in [6, 6.07) is 4.78. The molecule has 1 fully saturated rings. The zero-order valence-corrected chi connectivity index (χ0v) is 15.6. The molecule has 1 aliphatic heterocycles. The Hall–Kier alpha value is -3.01. The predicted octanol–water partition coefficient (Wildman–Crippen LogP) is 1.76. The summed E-state index contributed by atoms with van der Waals surface area (Å²) in [4.78, 5) is 47.7. The molecule has 0 aliphatic carbocycles. The van der Waals surface area contributed by atoms with Crippen molar-refractivity contribution in [2.24, 2.45) is 0 Å². The van der Waals surface area contributed by atoms with Gasteiger partial charge in [0.2, 0.25) is 0 Å². The van der Waals surface area contributed by atoms with E-state index in [0.29, 0.717) is 17.3 Å². The van der Waals surface area contributed by atoms with Crippen molar-refractivity contribution in [2.75, 3.05) is 20.8 Å². The number of hydrogen-bond donors (Lipinski definition) is 1. The van der Waals surface area contributed by atoms with Gasteiger partial charge in [0.15, 0.2) is 17.6 Å². The maximum Gasteiger partial charge on any atom is 0.344 e. The van der Waals surface area contributed by atoms with Gasteiger partial charge in [-0.3, -0.25) is 19.3 Å². The number of benzene rings is 1. The van der Waals surface area contributed by atoms with Gasteiger partial charge < -0.3 is 19.3 Å². The van der Waals surface area contributed by atoms with E-state index in [0.717, 1.165) is 12.0 Å². The lowest BCUT2D eigenvalue weighted by Gasteiger charge is -2.16. The number of methoxy groups -OCH3 is 2. The van der Waals surface area contributed by atoms with Crippen LogP contribution in [0.3, 0.4) is 0 Å². The first-order valence-electron chi connectivity index (χ1n) is 7.67. The highest BCUT2D eigenvalue weighted by molar-refractivity contribution is 8.18. The molecule has 1 heterocycles. The topological polar surface area (TPSA) is 119 Å². The van der Waals surface area contributed by atoms with Crippen LogP contribution in [0.2, 0.25) is 0 Å². The van der Waals surface area contributed by atoms with E-state index in [-0.39, 0.29) is 16.4 Å². The minimum absolute atomic E-state index is 0.0602. The molecule has 0 saturated carbocycles. The van der Waals surface area contributed by atoms with Crippen molar-refractivity contribution >= 4 is 40.9 Å². The van der Waals surface area contributed by atoms with E-state index >= 15 is 0 Å². The van der Waals surface area contributed by atoms with Gasteiger partial charge >= 0.3 is 11.9 Å². The van der Waals surface area contributed by atoms with Gasteiger partial charge in [-0.1, -0.05) is 12.1 Å². The summed E-state index contributed by atoms with van der Waals surface area (Å²) < 4.78 is 15.1. The smallest absolute Gasteiger partial charge is 0.344 e. The Bertz CT molecular complexity index is 819. The molecule has 2 rings (SSSR count). The third-order valence-corrected chi connectivity index (χ3v) is 4.45. The summed E-state index contributed by atoms with van der Waals surface area (Å²) in [5, 5.41) is 8.46. The van der Waals surface area contributed by atoms with Crippen LogP contribution in [0.5, 0.6) is 11.5 Å². The minimum atomic E-state index is -1.18. The quantitative estimate of drug-likeness (QED) is 0.544. The van der Waals surface area contributed by atoms with E-state index in [1.165, 1.54) is 20.1 Å². The molecule has 1 N–H and O–H groups in total. The number of imide groups is 1. The number of esters is 1. The second kappa shape index (κ2) is 8.58. The number of carboxylic acids is 1. The van der Waals surface area contributed by atoms with Crippen LogP contribution in [0.15, 0.2) is 23.1 Å². The zero-order chi connectivity index (χ0) is 20.1. The molecular formula is C17H17NO8S. The highest BCUT2D eigenvalue weighted by atomic mass is 32.2. The molecule has 10 heteroatoms. The molecule has 1 aliphatic rings. The van der Waals surface area contributed by atoms with Crippen LogP contribution in [-0.2, 0) is 19.1 Å². The number of ether oxygens (including phenoxy) is 3. The number of carbonyl (C=O) groups is 4. The Balaban J connectivity index is 2.38. The van der Waals surface area contributed by atoms with Crippen LogP contribution in [0.1, 0.15) is 12.5 Å². The lowest BCUT2D eigenvalue weighted by molar-refractivity contribution is -0.144. The minimum Gasteiger partial charge on any atom is -0.493 e. The van der Waals surface area contributed by atoms with Gasteiger partial charge in [0, 0.05) is 5.56 Å². The fourth-order valence-corrected chi connectivity index (χ4v) is 2.96. The molecule has 27 heavy (non-hydrogen) atoms. The molecule has 2 amide bonds. The standard InChI is InChI=1S/C17H17NO8S/c1-9(16(21)22)26-14-10(5-4-6-11(14)24-2)7-12-15(20)18(17(23)27-12)8-13(19)25-3/h4-7,9H,8H2,1-3H3,(H,21,22)/b12-7+. The molecule has 144 valence electrons. The Morgan fingerprint density at radius 1 is 1.30 bits per heavy atom. The first-order valence-corrected chi connectivity index (χ1v) is 8.48. The van der Waals surface area contributed by atoms with Crippen LogP contribution < -0.4 is 9.47 Å². The Kier molecular flexibility index (Phi) is 6.45. The lowest BCUT2D eigenvalue weighted by Crippen LogP contribution is -2.34. The predicted molar refractivity (Wildman–Crippen MR) is 95.4 cm³/mol. The molecule has 1 atom stereocenters. The average Bonchev–Trinajstić information content (AvgIpc) is 2.90. The van der Waals surface area contributed by atoms with Gasteiger partial charge in [-0.15, -0.1) is 0 Å². The molecule has 0 bridgehead atoms. The zero-order valence-electron chi connectivity index (χ0n) is 14.8. The van der Waals surface area contributed by atoms with Crippen molar-refractivity contribution in [3.63, 3.8) is 0 Å². The number of para-hydroxylation sites is 1. The number of rotatable bonds is 7. The summed E-state index contributed by atoms with van der Waals surface area (Å²) in [6.07, 6.45) is 0.219. The Morgan fingerprint density at radius 3 is 2.59 bits per heavy atom. The van der Waals surface area contributed by atoms with Crippen molar-refractivity contribution < 1.29 is 38.5 Å². The van der Waals surface area contributed by atoms with E-state index in [2.05, 4.69) is 4.74 Å². The number of amides is 2. The SMILES string of the molecule is COC(=O)CN1C(=O)S/C(=C/c2cccc(OC)c2OC(C)C(=O)O)C1=O. The van der Waals surface area contributed by atoms with Crippen LogP contribution in [-0.4, -0.2) is 60.0 Å². The van der Waals surface area contributed by atoms with Crippen molar-refractivity contribution in [1.82, 2.24) is 4.90 Å². The molecule has 1 unspecified atom stereocenters. The highest BCUT2D eigenvalue weighted by Crippen LogP contribution is 2.37. The van der Waals surface area contributed by atoms with E-state index < -0.39 is 35.7 Å².